The van der Waals surface area contributed by atoms with Gasteiger partial charge in [0.05, 0.1) is 22.0 Å². The fourth-order valence-corrected chi connectivity index (χ4v) is 5.45. The minimum absolute atomic E-state index is 0.0364. The number of hydrogen-bond acceptors (Lipinski definition) is 6. The maximum Gasteiger partial charge on any atom is 0.226 e. The number of nitrogens with one attached hydrogen (secondary N) is 1. The molecule has 1 amide bonds. The molecule has 4 nitrogen and oxygen atoms in total. The van der Waals surface area contributed by atoms with E-state index in [9.17, 15) is 4.79 Å². The summed E-state index contributed by atoms with van der Waals surface area (Å²) >= 11 is 8.40. The van der Waals surface area contributed by atoms with Gasteiger partial charge in [0, 0.05) is 32.9 Å². The van der Waals surface area contributed by atoms with Crippen LogP contribution < -0.4 is 5.32 Å². The molecule has 0 radical (unpaired) electrons. The monoisotopic (exact) mass is 455 g/mol. The normalized spacial score (nSPS) is 11.0. The largest absolute Gasteiger partial charge is 0.356 e. The Hall–Kier alpha value is -1.09. The van der Waals surface area contributed by atoms with Crippen molar-refractivity contribution >= 4 is 55.8 Å². The van der Waals surface area contributed by atoms with Gasteiger partial charge in [-0.1, -0.05) is 0 Å². The molecule has 3 aromatic rings. The minimum Gasteiger partial charge on any atom is -0.356 e. The second-order valence-corrected chi connectivity index (χ2v) is 9.27. The molecular formula is C17H18BrN3OS3. The van der Waals surface area contributed by atoms with Crippen molar-refractivity contribution in [3.8, 4) is 9.88 Å². The summed E-state index contributed by atoms with van der Waals surface area (Å²) in [6.45, 7) is 2.72. The molecule has 1 N–H and O–H groups in total. The molecule has 3 aromatic heterocycles. The predicted octanol–water partition coefficient (Wildman–Crippen LogP) is 5.08. The number of unbranched alkanes of at least 4 members (excludes halogenated alkanes) is 1. The number of rotatable bonds is 8. The van der Waals surface area contributed by atoms with Gasteiger partial charge >= 0.3 is 0 Å². The highest BCUT2D eigenvalue weighted by atomic mass is 79.9. The van der Waals surface area contributed by atoms with Crippen LogP contribution in [0.1, 0.15) is 29.2 Å². The lowest BCUT2D eigenvalue weighted by Crippen LogP contribution is -2.26. The molecule has 3 rings (SSSR count). The summed E-state index contributed by atoms with van der Waals surface area (Å²) in [5.74, 6) is 0.0364. The van der Waals surface area contributed by atoms with Gasteiger partial charge < -0.3 is 5.32 Å². The molecule has 0 spiro atoms. The zero-order valence-electron chi connectivity index (χ0n) is 13.8. The quantitative estimate of drug-likeness (QED) is 0.481. The summed E-state index contributed by atoms with van der Waals surface area (Å²) in [5, 5.41) is 11.2. The molecule has 0 unspecified atom stereocenters. The van der Waals surface area contributed by atoms with Crippen LogP contribution in [-0.2, 0) is 17.6 Å². The van der Waals surface area contributed by atoms with E-state index < -0.39 is 0 Å². The summed E-state index contributed by atoms with van der Waals surface area (Å²) in [5.41, 5.74) is 1.92. The van der Waals surface area contributed by atoms with E-state index in [0.717, 1.165) is 45.0 Å². The third-order valence-corrected chi connectivity index (χ3v) is 7.26. The van der Waals surface area contributed by atoms with Crippen LogP contribution in [0.15, 0.2) is 26.7 Å². The molecule has 3 heterocycles. The Balaban J connectivity index is 1.37. The summed E-state index contributed by atoms with van der Waals surface area (Å²) in [6, 6.07) is 2.05. The summed E-state index contributed by atoms with van der Waals surface area (Å²) in [4.78, 5) is 22.2. The molecule has 0 bridgehead atoms. The number of thiophene rings is 1. The van der Waals surface area contributed by atoms with Gasteiger partial charge in [0.15, 0.2) is 0 Å². The van der Waals surface area contributed by atoms with Crippen molar-refractivity contribution in [2.75, 3.05) is 6.54 Å². The number of carbonyl (C=O) groups excluding carboxylic acids is 1. The predicted molar refractivity (Wildman–Crippen MR) is 110 cm³/mol. The Morgan fingerprint density at radius 3 is 2.76 bits per heavy atom. The summed E-state index contributed by atoms with van der Waals surface area (Å²) in [6.07, 6.45) is 3.34. The summed E-state index contributed by atoms with van der Waals surface area (Å²) < 4.78 is 1.06. The van der Waals surface area contributed by atoms with E-state index in [4.69, 9.17) is 0 Å². The Kier molecular flexibility index (Phi) is 6.75. The lowest BCUT2D eigenvalue weighted by molar-refractivity contribution is -0.120. The van der Waals surface area contributed by atoms with E-state index in [2.05, 4.69) is 42.7 Å². The van der Waals surface area contributed by atoms with Crippen molar-refractivity contribution in [2.45, 2.75) is 32.6 Å². The number of halogens is 1. The molecule has 0 aliphatic rings. The van der Waals surface area contributed by atoms with Crippen LogP contribution in [0.2, 0.25) is 0 Å². The van der Waals surface area contributed by atoms with Gasteiger partial charge in [-0.25, -0.2) is 9.97 Å². The van der Waals surface area contributed by atoms with Gasteiger partial charge in [0.25, 0.3) is 0 Å². The summed E-state index contributed by atoms with van der Waals surface area (Å²) in [7, 11) is 0. The average Bonchev–Trinajstić information content (AvgIpc) is 3.29. The number of aromatic nitrogens is 2. The van der Waals surface area contributed by atoms with Gasteiger partial charge in [-0.2, -0.15) is 0 Å². The standard InChI is InChI=1S/C17H18BrN3OS3/c1-11-8-24-16(20-11)4-2-3-5-19-15(22)7-13-10-25-17(21-13)14-6-12(18)9-23-14/h6,8-10H,2-5,7H2,1H3,(H,19,22). The number of nitrogens with zero attached hydrogens (tertiary/aromatic N) is 2. The molecule has 132 valence electrons. The third kappa shape index (κ3) is 5.70. The molecule has 0 aliphatic heterocycles. The van der Waals surface area contributed by atoms with E-state index in [1.165, 1.54) is 5.01 Å². The topological polar surface area (TPSA) is 54.9 Å². The molecule has 0 aliphatic carbocycles. The van der Waals surface area contributed by atoms with E-state index in [1.54, 1.807) is 34.0 Å². The highest BCUT2D eigenvalue weighted by Gasteiger charge is 2.10. The van der Waals surface area contributed by atoms with Crippen LogP contribution in [0.3, 0.4) is 0 Å². The number of aryl methyl sites for hydroxylation is 2. The van der Waals surface area contributed by atoms with Crippen LogP contribution in [-0.4, -0.2) is 22.4 Å². The number of hydrogen-bond donors (Lipinski definition) is 1. The van der Waals surface area contributed by atoms with E-state index >= 15 is 0 Å². The smallest absolute Gasteiger partial charge is 0.226 e. The highest BCUT2D eigenvalue weighted by Crippen LogP contribution is 2.32. The van der Waals surface area contributed by atoms with Gasteiger partial charge in [-0.15, -0.1) is 34.0 Å². The van der Waals surface area contributed by atoms with Crippen molar-refractivity contribution in [2.24, 2.45) is 0 Å². The van der Waals surface area contributed by atoms with Crippen molar-refractivity contribution < 1.29 is 4.79 Å². The molecule has 25 heavy (non-hydrogen) atoms. The fourth-order valence-electron chi connectivity index (χ4n) is 2.30. The van der Waals surface area contributed by atoms with Crippen molar-refractivity contribution in [3.63, 3.8) is 0 Å². The number of thiazole rings is 2. The molecular weight excluding hydrogens is 438 g/mol. The first kappa shape index (κ1) is 18.7. The van der Waals surface area contributed by atoms with E-state index in [0.29, 0.717) is 13.0 Å². The SMILES string of the molecule is Cc1csc(CCCCNC(=O)Cc2csc(-c3cc(Br)cs3)n2)n1. The Morgan fingerprint density at radius 1 is 1.16 bits per heavy atom. The van der Waals surface area contributed by atoms with Gasteiger partial charge in [0.1, 0.15) is 5.01 Å². The average molecular weight is 456 g/mol. The minimum atomic E-state index is 0.0364. The lowest BCUT2D eigenvalue weighted by Gasteiger charge is -2.03. The number of amides is 1. The van der Waals surface area contributed by atoms with Gasteiger partial charge in [-0.3, -0.25) is 4.79 Å². The lowest BCUT2D eigenvalue weighted by atomic mass is 10.2. The Morgan fingerprint density at radius 2 is 2.04 bits per heavy atom. The van der Waals surface area contributed by atoms with Gasteiger partial charge in [-0.05, 0) is 48.2 Å². The molecule has 0 aromatic carbocycles. The van der Waals surface area contributed by atoms with Crippen LogP contribution in [0.4, 0.5) is 0 Å². The van der Waals surface area contributed by atoms with Crippen LogP contribution in [0, 0.1) is 6.92 Å². The Labute approximate surface area is 167 Å². The maximum absolute atomic E-state index is 12.0. The first-order valence-corrected chi connectivity index (χ1v) is 11.4. The molecule has 0 saturated heterocycles. The third-order valence-electron chi connectivity index (χ3n) is 3.48. The van der Waals surface area contributed by atoms with Crippen molar-refractivity contribution in [3.05, 3.63) is 43.1 Å². The second-order valence-electron chi connectivity index (χ2n) is 5.64. The first-order chi connectivity index (χ1) is 12.1. The number of carbonyl (C=O) groups is 1. The zero-order valence-corrected chi connectivity index (χ0v) is 17.8. The zero-order chi connectivity index (χ0) is 17.6. The van der Waals surface area contributed by atoms with Crippen molar-refractivity contribution in [1.82, 2.24) is 15.3 Å². The van der Waals surface area contributed by atoms with Crippen LogP contribution in [0.5, 0.6) is 0 Å². The molecule has 8 heteroatoms. The maximum atomic E-state index is 12.0. The van der Waals surface area contributed by atoms with Gasteiger partial charge in [0.2, 0.25) is 5.91 Å². The van der Waals surface area contributed by atoms with Crippen LogP contribution >= 0.6 is 49.9 Å². The van der Waals surface area contributed by atoms with E-state index in [-0.39, 0.29) is 5.91 Å². The molecule has 0 fully saturated rings. The Bertz CT molecular complexity index is 840. The van der Waals surface area contributed by atoms with Crippen molar-refractivity contribution in [1.29, 1.82) is 0 Å². The fraction of sp³-hybridized carbons (Fsp3) is 0.353. The second kappa shape index (κ2) is 9.02. The molecule has 0 atom stereocenters. The highest BCUT2D eigenvalue weighted by molar-refractivity contribution is 9.10. The molecule has 0 saturated carbocycles. The first-order valence-electron chi connectivity index (χ1n) is 7.96. The van der Waals surface area contributed by atoms with Crippen LogP contribution in [0.25, 0.3) is 9.88 Å². The van der Waals surface area contributed by atoms with E-state index in [1.807, 2.05) is 17.7 Å².